The fourth-order valence-corrected chi connectivity index (χ4v) is 2.97. The van der Waals surface area contributed by atoms with E-state index in [-0.39, 0.29) is 12.1 Å². The first-order valence-corrected chi connectivity index (χ1v) is 7.68. The molecule has 2 unspecified atom stereocenters. The summed E-state index contributed by atoms with van der Waals surface area (Å²) in [5.74, 6) is 0.701. The molecule has 2 aromatic heterocycles. The van der Waals surface area contributed by atoms with E-state index in [0.717, 1.165) is 36.8 Å². The first kappa shape index (κ1) is 13.8. The van der Waals surface area contributed by atoms with E-state index in [1.807, 2.05) is 24.4 Å². The lowest BCUT2D eigenvalue weighted by molar-refractivity contribution is -0.0406. The highest BCUT2D eigenvalue weighted by atomic mass is 32.1. The average molecular weight is 293 g/mol. The topological polar surface area (TPSA) is 64.5 Å². The van der Waals surface area contributed by atoms with Gasteiger partial charge >= 0.3 is 0 Å². The molecule has 0 aliphatic carbocycles. The SMILES string of the molecule is CC(N)C1CN(Cc2coc(-c3cccs3)n2)CCO1. The van der Waals surface area contributed by atoms with Gasteiger partial charge in [0.15, 0.2) is 0 Å². The molecule has 3 heterocycles. The van der Waals surface area contributed by atoms with Gasteiger partial charge < -0.3 is 14.9 Å². The number of hydrogen-bond acceptors (Lipinski definition) is 6. The third-order valence-electron chi connectivity index (χ3n) is 3.43. The third kappa shape index (κ3) is 3.09. The molecule has 108 valence electrons. The summed E-state index contributed by atoms with van der Waals surface area (Å²) in [7, 11) is 0. The lowest BCUT2D eigenvalue weighted by atomic mass is 10.1. The Morgan fingerprint density at radius 3 is 3.25 bits per heavy atom. The Kier molecular flexibility index (Phi) is 4.16. The fraction of sp³-hybridized carbons (Fsp3) is 0.500. The standard InChI is InChI=1S/C14H19N3O2S/c1-10(15)12-8-17(4-5-18-12)7-11-9-19-14(16-11)13-3-2-6-20-13/h2-3,6,9-10,12H,4-5,7-8,15H2,1H3. The van der Waals surface area contributed by atoms with Crippen molar-refractivity contribution in [1.82, 2.24) is 9.88 Å². The first-order valence-electron chi connectivity index (χ1n) is 6.80. The van der Waals surface area contributed by atoms with Gasteiger partial charge in [0.25, 0.3) is 0 Å². The normalized spacial score (nSPS) is 22.0. The Hall–Kier alpha value is -1.21. The lowest BCUT2D eigenvalue weighted by Gasteiger charge is -2.34. The quantitative estimate of drug-likeness (QED) is 0.933. The van der Waals surface area contributed by atoms with Crippen molar-refractivity contribution in [2.75, 3.05) is 19.7 Å². The number of morpholine rings is 1. The van der Waals surface area contributed by atoms with Crippen molar-refractivity contribution < 1.29 is 9.15 Å². The molecule has 1 fully saturated rings. The first-order chi connectivity index (χ1) is 9.72. The molecule has 2 atom stereocenters. The molecule has 6 heteroatoms. The van der Waals surface area contributed by atoms with Crippen LogP contribution in [0.15, 0.2) is 28.2 Å². The van der Waals surface area contributed by atoms with E-state index in [2.05, 4.69) is 9.88 Å². The van der Waals surface area contributed by atoms with E-state index >= 15 is 0 Å². The van der Waals surface area contributed by atoms with Crippen LogP contribution in [0.25, 0.3) is 10.8 Å². The molecule has 1 aliphatic heterocycles. The Morgan fingerprint density at radius 2 is 2.50 bits per heavy atom. The molecule has 0 amide bonds. The molecule has 2 aromatic rings. The van der Waals surface area contributed by atoms with Crippen molar-refractivity contribution in [3.8, 4) is 10.8 Å². The molecular weight excluding hydrogens is 274 g/mol. The molecule has 20 heavy (non-hydrogen) atoms. The molecule has 3 rings (SSSR count). The van der Waals surface area contributed by atoms with Gasteiger partial charge in [0, 0.05) is 25.7 Å². The maximum Gasteiger partial charge on any atom is 0.236 e. The van der Waals surface area contributed by atoms with Gasteiger partial charge in [0.05, 0.1) is 23.3 Å². The number of aromatic nitrogens is 1. The number of nitrogens with two attached hydrogens (primary N) is 1. The minimum absolute atomic E-state index is 0.0526. The van der Waals surface area contributed by atoms with Crippen LogP contribution in [0.2, 0.25) is 0 Å². The van der Waals surface area contributed by atoms with Crippen molar-refractivity contribution in [2.45, 2.75) is 25.6 Å². The second-order valence-corrected chi connectivity index (χ2v) is 6.07. The van der Waals surface area contributed by atoms with Crippen LogP contribution in [0.3, 0.4) is 0 Å². The molecule has 5 nitrogen and oxygen atoms in total. The van der Waals surface area contributed by atoms with Crippen molar-refractivity contribution in [2.24, 2.45) is 5.73 Å². The second kappa shape index (κ2) is 6.05. The van der Waals surface area contributed by atoms with Crippen LogP contribution >= 0.6 is 11.3 Å². The fourth-order valence-electron chi connectivity index (χ4n) is 2.32. The minimum atomic E-state index is 0.0526. The summed E-state index contributed by atoms with van der Waals surface area (Å²) < 4.78 is 11.2. The number of rotatable bonds is 4. The highest BCUT2D eigenvalue weighted by Crippen LogP contribution is 2.24. The van der Waals surface area contributed by atoms with Gasteiger partial charge in [-0.15, -0.1) is 11.3 Å². The Bertz CT molecular complexity index is 538. The highest BCUT2D eigenvalue weighted by Gasteiger charge is 2.24. The number of thiophene rings is 1. The number of hydrogen-bond donors (Lipinski definition) is 1. The lowest BCUT2D eigenvalue weighted by Crippen LogP contribution is -2.49. The predicted octanol–water partition coefficient (Wildman–Crippen LogP) is 1.95. The molecule has 0 spiro atoms. The number of nitrogens with zero attached hydrogens (tertiary/aromatic N) is 2. The van der Waals surface area contributed by atoms with E-state index in [4.69, 9.17) is 14.9 Å². The summed E-state index contributed by atoms with van der Waals surface area (Å²) in [5.41, 5.74) is 6.86. The Labute approximate surface area is 122 Å². The summed E-state index contributed by atoms with van der Waals surface area (Å²) in [6, 6.07) is 4.07. The monoisotopic (exact) mass is 293 g/mol. The summed E-state index contributed by atoms with van der Waals surface area (Å²) in [6.45, 7) is 5.24. The maximum atomic E-state index is 5.91. The van der Waals surface area contributed by atoms with Crippen LogP contribution in [0.4, 0.5) is 0 Å². The molecule has 1 saturated heterocycles. The van der Waals surface area contributed by atoms with Gasteiger partial charge in [-0.1, -0.05) is 6.07 Å². The zero-order valence-corrected chi connectivity index (χ0v) is 12.3. The van der Waals surface area contributed by atoms with Crippen molar-refractivity contribution in [3.63, 3.8) is 0 Å². The van der Waals surface area contributed by atoms with Gasteiger partial charge in [-0.3, -0.25) is 4.90 Å². The Balaban J connectivity index is 1.63. The van der Waals surface area contributed by atoms with E-state index in [9.17, 15) is 0 Å². The summed E-state index contributed by atoms with van der Waals surface area (Å²) in [5, 5.41) is 2.02. The highest BCUT2D eigenvalue weighted by molar-refractivity contribution is 7.13. The average Bonchev–Trinajstić information content (AvgIpc) is 3.09. The van der Waals surface area contributed by atoms with Crippen LogP contribution in [-0.2, 0) is 11.3 Å². The van der Waals surface area contributed by atoms with E-state index in [1.165, 1.54) is 0 Å². The van der Waals surface area contributed by atoms with Crippen molar-refractivity contribution in [3.05, 3.63) is 29.5 Å². The van der Waals surface area contributed by atoms with Crippen molar-refractivity contribution in [1.29, 1.82) is 0 Å². The third-order valence-corrected chi connectivity index (χ3v) is 4.29. The van der Waals surface area contributed by atoms with Crippen LogP contribution in [0, 0.1) is 0 Å². The van der Waals surface area contributed by atoms with E-state index < -0.39 is 0 Å². The second-order valence-electron chi connectivity index (χ2n) is 5.12. The summed E-state index contributed by atoms with van der Waals surface area (Å²) in [4.78, 5) is 7.92. The molecule has 2 N–H and O–H groups in total. The predicted molar refractivity (Wildman–Crippen MR) is 78.5 cm³/mol. The maximum absolute atomic E-state index is 5.91. The Morgan fingerprint density at radius 1 is 1.60 bits per heavy atom. The van der Waals surface area contributed by atoms with Crippen LogP contribution in [0.1, 0.15) is 12.6 Å². The molecule has 1 aliphatic rings. The van der Waals surface area contributed by atoms with Crippen molar-refractivity contribution >= 4 is 11.3 Å². The minimum Gasteiger partial charge on any atom is -0.444 e. The zero-order valence-electron chi connectivity index (χ0n) is 11.5. The van der Waals surface area contributed by atoms with Crippen LogP contribution < -0.4 is 5.73 Å². The molecule has 0 aromatic carbocycles. The van der Waals surface area contributed by atoms with E-state index in [1.54, 1.807) is 17.6 Å². The number of ether oxygens (including phenoxy) is 1. The van der Waals surface area contributed by atoms with Gasteiger partial charge in [0.1, 0.15) is 6.26 Å². The van der Waals surface area contributed by atoms with Gasteiger partial charge in [-0.2, -0.15) is 0 Å². The van der Waals surface area contributed by atoms with Gasteiger partial charge in [-0.25, -0.2) is 4.98 Å². The molecule has 0 saturated carbocycles. The summed E-state index contributed by atoms with van der Waals surface area (Å²) in [6.07, 6.45) is 1.85. The summed E-state index contributed by atoms with van der Waals surface area (Å²) >= 11 is 1.63. The zero-order chi connectivity index (χ0) is 13.9. The smallest absolute Gasteiger partial charge is 0.236 e. The van der Waals surface area contributed by atoms with Crippen LogP contribution in [-0.4, -0.2) is 41.7 Å². The largest absolute Gasteiger partial charge is 0.444 e. The number of oxazole rings is 1. The molecule has 0 radical (unpaired) electrons. The van der Waals surface area contributed by atoms with Gasteiger partial charge in [0.2, 0.25) is 5.89 Å². The molecular formula is C14H19N3O2S. The van der Waals surface area contributed by atoms with Crippen LogP contribution in [0.5, 0.6) is 0 Å². The van der Waals surface area contributed by atoms with E-state index in [0.29, 0.717) is 5.89 Å². The molecule has 0 bridgehead atoms. The van der Waals surface area contributed by atoms with Gasteiger partial charge in [-0.05, 0) is 18.4 Å².